The minimum atomic E-state index is -0.0328. The molecule has 3 aromatic rings. The van der Waals surface area contributed by atoms with Gasteiger partial charge in [0.2, 0.25) is 5.91 Å². The number of carbonyl (C=O) groups excluding carboxylic acids is 2. The van der Waals surface area contributed by atoms with Gasteiger partial charge < -0.3 is 9.88 Å². The van der Waals surface area contributed by atoms with E-state index in [-0.39, 0.29) is 11.7 Å². The molecule has 0 fully saturated rings. The maximum atomic E-state index is 12.7. The molecule has 1 unspecified atom stereocenters. The molecule has 6 nitrogen and oxygen atoms in total. The molecule has 2 aromatic heterocycles. The van der Waals surface area contributed by atoms with Gasteiger partial charge >= 0.3 is 0 Å². The van der Waals surface area contributed by atoms with Crippen molar-refractivity contribution < 1.29 is 9.59 Å². The lowest BCUT2D eigenvalue weighted by atomic mass is 9.87. The molecule has 174 valence electrons. The summed E-state index contributed by atoms with van der Waals surface area (Å²) in [5, 5.41) is 12.3. The normalized spacial score (nSPS) is 15.3. The first-order chi connectivity index (χ1) is 15.9. The smallest absolute Gasteiger partial charge is 0.216 e. The number of nitrogens with zero attached hydrogens (tertiary/aromatic N) is 3. The number of hydrogen-bond donors (Lipinski definition) is 1. The van der Waals surface area contributed by atoms with Crippen molar-refractivity contribution in [3.63, 3.8) is 0 Å². The molecular formula is C25H30N4O2S2. The average molecular weight is 483 g/mol. The molecule has 0 aliphatic heterocycles. The average Bonchev–Trinajstić information content (AvgIpc) is 3.39. The van der Waals surface area contributed by atoms with Crippen LogP contribution in [-0.2, 0) is 31.1 Å². The third-order valence-corrected chi connectivity index (χ3v) is 8.47. The molecule has 2 heterocycles. The summed E-state index contributed by atoms with van der Waals surface area (Å²) in [4.78, 5) is 26.3. The Labute approximate surface area is 203 Å². The van der Waals surface area contributed by atoms with Crippen molar-refractivity contribution in [3.8, 4) is 10.7 Å². The maximum Gasteiger partial charge on any atom is 0.216 e. The number of benzene rings is 1. The lowest BCUT2D eigenvalue weighted by molar-refractivity contribution is -0.118. The molecule has 1 N–H and O–H groups in total. The molecule has 1 aliphatic carbocycles. The van der Waals surface area contributed by atoms with Gasteiger partial charge in [-0.25, -0.2) is 0 Å². The van der Waals surface area contributed by atoms with E-state index in [0.717, 1.165) is 28.9 Å². The molecular weight excluding hydrogens is 452 g/mol. The Bertz CT molecular complexity index is 1130. The van der Waals surface area contributed by atoms with Crippen LogP contribution in [0.3, 0.4) is 0 Å². The van der Waals surface area contributed by atoms with Gasteiger partial charge in [0.1, 0.15) is 0 Å². The van der Waals surface area contributed by atoms with Crippen LogP contribution in [0.15, 0.2) is 35.5 Å². The second-order valence-corrected chi connectivity index (χ2v) is 10.7. The first-order valence-corrected chi connectivity index (χ1v) is 13.3. The Morgan fingerprint density at radius 1 is 1.24 bits per heavy atom. The van der Waals surface area contributed by atoms with E-state index in [1.807, 2.05) is 47.2 Å². The first-order valence-electron chi connectivity index (χ1n) is 11.4. The highest BCUT2D eigenvalue weighted by molar-refractivity contribution is 7.99. The Morgan fingerprint density at radius 3 is 2.76 bits per heavy atom. The van der Waals surface area contributed by atoms with E-state index < -0.39 is 0 Å². The minimum absolute atomic E-state index is 0.0328. The van der Waals surface area contributed by atoms with Crippen molar-refractivity contribution >= 4 is 34.8 Å². The minimum Gasteiger partial charge on any atom is -0.356 e. The van der Waals surface area contributed by atoms with Crippen LogP contribution in [0.4, 0.5) is 0 Å². The SMILES string of the molecule is CCC1CCc2sc(-c3nnc(SCC(=O)c4ccc(CCNC(C)=O)cc4)n3C)cc2C1. The predicted octanol–water partition coefficient (Wildman–Crippen LogP) is 4.71. The number of thioether (sulfide) groups is 1. The standard InChI is InChI=1S/C25H30N4O2S2/c1-4-17-7-10-22-20(13-17)14-23(33-22)24-27-28-25(29(24)3)32-15-21(31)19-8-5-18(6-9-19)11-12-26-16(2)30/h5-6,8-9,14,17H,4,7,10-13,15H2,1-3H3,(H,26,30). The lowest BCUT2D eigenvalue weighted by Gasteiger charge is -2.19. The fourth-order valence-electron chi connectivity index (χ4n) is 4.17. The maximum absolute atomic E-state index is 12.7. The van der Waals surface area contributed by atoms with Crippen LogP contribution in [0.2, 0.25) is 0 Å². The van der Waals surface area contributed by atoms with E-state index >= 15 is 0 Å². The van der Waals surface area contributed by atoms with Crippen molar-refractivity contribution in [2.45, 2.75) is 51.1 Å². The largest absolute Gasteiger partial charge is 0.356 e. The van der Waals surface area contributed by atoms with E-state index in [2.05, 4.69) is 28.5 Å². The number of hydrogen-bond acceptors (Lipinski definition) is 6. The van der Waals surface area contributed by atoms with E-state index in [1.54, 1.807) is 0 Å². The van der Waals surface area contributed by atoms with E-state index in [1.165, 1.54) is 59.7 Å². The molecule has 0 radical (unpaired) electrons. The van der Waals surface area contributed by atoms with Crippen molar-refractivity contribution in [1.29, 1.82) is 0 Å². The number of Topliss-reactive ketones (excluding diaryl/α,β-unsaturated/α-hetero) is 1. The first kappa shape index (κ1) is 23.7. The highest BCUT2D eigenvalue weighted by Crippen LogP contribution is 2.38. The van der Waals surface area contributed by atoms with Crippen molar-refractivity contribution in [2.75, 3.05) is 12.3 Å². The molecule has 4 rings (SSSR count). The fourth-order valence-corrected chi connectivity index (χ4v) is 6.20. The molecule has 8 heteroatoms. The van der Waals surface area contributed by atoms with Gasteiger partial charge in [0.25, 0.3) is 0 Å². The fraction of sp³-hybridized carbons (Fsp3) is 0.440. The summed E-state index contributed by atoms with van der Waals surface area (Å²) in [5.41, 5.74) is 3.25. The molecule has 33 heavy (non-hydrogen) atoms. The summed E-state index contributed by atoms with van der Waals surface area (Å²) >= 11 is 3.26. The Morgan fingerprint density at radius 2 is 2.03 bits per heavy atom. The van der Waals surface area contributed by atoms with Crippen LogP contribution in [-0.4, -0.2) is 38.8 Å². The van der Waals surface area contributed by atoms with Crippen molar-refractivity contribution in [3.05, 3.63) is 51.9 Å². The molecule has 0 saturated carbocycles. The number of nitrogens with one attached hydrogen (secondary N) is 1. The quantitative estimate of drug-likeness (QED) is 0.353. The van der Waals surface area contributed by atoms with Crippen molar-refractivity contribution in [1.82, 2.24) is 20.1 Å². The molecule has 0 bridgehead atoms. The number of ketones is 1. The van der Waals surface area contributed by atoms with Gasteiger partial charge in [-0.15, -0.1) is 21.5 Å². The Kier molecular flexibility index (Phi) is 7.65. The Hall–Kier alpha value is -2.45. The van der Waals surface area contributed by atoms with Gasteiger partial charge in [0.15, 0.2) is 16.8 Å². The zero-order chi connectivity index (χ0) is 23.4. The van der Waals surface area contributed by atoms with Crippen LogP contribution in [0, 0.1) is 5.92 Å². The number of thiophene rings is 1. The van der Waals surface area contributed by atoms with Gasteiger partial charge in [0, 0.05) is 31.0 Å². The number of carbonyl (C=O) groups is 2. The number of fused-ring (bicyclic) bond motifs is 1. The second-order valence-electron chi connectivity index (χ2n) is 8.58. The van der Waals surface area contributed by atoms with Gasteiger partial charge in [-0.05, 0) is 48.8 Å². The molecule has 1 aromatic carbocycles. The summed E-state index contributed by atoms with van der Waals surface area (Å²) in [5.74, 6) is 2.02. The summed E-state index contributed by atoms with van der Waals surface area (Å²) in [6.45, 7) is 4.38. The summed E-state index contributed by atoms with van der Waals surface area (Å²) in [6, 6.07) is 9.89. The molecule has 1 atom stereocenters. The van der Waals surface area contributed by atoms with Crippen LogP contribution < -0.4 is 5.32 Å². The second kappa shape index (κ2) is 10.7. The third kappa shape index (κ3) is 5.73. The number of amides is 1. The zero-order valence-electron chi connectivity index (χ0n) is 19.4. The van der Waals surface area contributed by atoms with E-state index in [0.29, 0.717) is 17.9 Å². The number of rotatable bonds is 9. The van der Waals surface area contributed by atoms with Crippen LogP contribution >= 0.6 is 23.1 Å². The molecule has 0 spiro atoms. The monoisotopic (exact) mass is 482 g/mol. The van der Waals surface area contributed by atoms with Crippen LogP contribution in [0.5, 0.6) is 0 Å². The lowest BCUT2D eigenvalue weighted by Crippen LogP contribution is -2.22. The molecule has 1 aliphatic rings. The predicted molar refractivity (Wildman–Crippen MR) is 134 cm³/mol. The Balaban J connectivity index is 1.36. The van der Waals surface area contributed by atoms with E-state index in [4.69, 9.17) is 0 Å². The summed E-state index contributed by atoms with van der Waals surface area (Å²) in [7, 11) is 1.97. The molecule has 1 amide bonds. The zero-order valence-corrected chi connectivity index (χ0v) is 21.0. The van der Waals surface area contributed by atoms with Crippen LogP contribution in [0.1, 0.15) is 53.1 Å². The third-order valence-electron chi connectivity index (χ3n) is 6.21. The highest BCUT2D eigenvalue weighted by atomic mass is 32.2. The number of aryl methyl sites for hydroxylation is 1. The topological polar surface area (TPSA) is 76.9 Å². The van der Waals surface area contributed by atoms with Crippen LogP contribution in [0.25, 0.3) is 10.7 Å². The van der Waals surface area contributed by atoms with E-state index in [9.17, 15) is 9.59 Å². The summed E-state index contributed by atoms with van der Waals surface area (Å²) in [6.07, 6.45) is 5.60. The number of aromatic nitrogens is 3. The summed E-state index contributed by atoms with van der Waals surface area (Å²) < 4.78 is 2.00. The molecule has 0 saturated heterocycles. The van der Waals surface area contributed by atoms with Gasteiger partial charge in [-0.1, -0.05) is 49.4 Å². The highest BCUT2D eigenvalue weighted by Gasteiger charge is 2.22. The van der Waals surface area contributed by atoms with Gasteiger partial charge in [-0.2, -0.15) is 0 Å². The van der Waals surface area contributed by atoms with Gasteiger partial charge in [0.05, 0.1) is 10.6 Å². The van der Waals surface area contributed by atoms with Gasteiger partial charge in [-0.3, -0.25) is 9.59 Å². The van der Waals surface area contributed by atoms with Crippen molar-refractivity contribution in [2.24, 2.45) is 13.0 Å².